The molecule has 0 bridgehead atoms. The first kappa shape index (κ1) is 14.1. The fourth-order valence-electron chi connectivity index (χ4n) is 2.69. The van der Waals surface area contributed by atoms with Crippen LogP contribution in [-0.4, -0.2) is 40.3 Å². The summed E-state index contributed by atoms with van der Waals surface area (Å²) in [4.78, 5) is 30.3. The van der Waals surface area contributed by atoms with Crippen LogP contribution in [0, 0.1) is 6.92 Å². The van der Waals surface area contributed by atoms with Gasteiger partial charge in [0.25, 0.3) is 5.91 Å². The third kappa shape index (κ3) is 2.80. The zero-order chi connectivity index (χ0) is 15.1. The van der Waals surface area contributed by atoms with Gasteiger partial charge in [-0.15, -0.1) is 0 Å². The quantitative estimate of drug-likeness (QED) is 0.914. The monoisotopic (exact) mass is 291 g/mol. The first-order valence-corrected chi connectivity index (χ1v) is 7.53. The Morgan fingerprint density at radius 3 is 2.71 bits per heavy atom. The Hall–Kier alpha value is -1.85. The van der Waals surface area contributed by atoms with Crippen LogP contribution in [0.3, 0.4) is 0 Å². The van der Waals surface area contributed by atoms with Crippen LogP contribution in [0.1, 0.15) is 61.2 Å². The Labute approximate surface area is 123 Å². The Kier molecular flexibility index (Phi) is 3.47. The third-order valence-electron chi connectivity index (χ3n) is 3.99. The SMILES string of the molecule is Cc1nc(C(C)C)oc1C(=O)NC1CC(=O)N(C2CC2)C1. The van der Waals surface area contributed by atoms with Crippen molar-refractivity contribution in [1.29, 1.82) is 0 Å². The van der Waals surface area contributed by atoms with Crippen LogP contribution < -0.4 is 5.32 Å². The normalized spacial score (nSPS) is 22.2. The van der Waals surface area contributed by atoms with Crippen LogP contribution in [0.4, 0.5) is 0 Å². The largest absolute Gasteiger partial charge is 0.435 e. The molecule has 2 amide bonds. The molecule has 1 saturated heterocycles. The maximum Gasteiger partial charge on any atom is 0.289 e. The van der Waals surface area contributed by atoms with Crippen LogP contribution in [0.15, 0.2) is 4.42 Å². The van der Waals surface area contributed by atoms with Crippen LogP contribution in [0.5, 0.6) is 0 Å². The van der Waals surface area contributed by atoms with E-state index < -0.39 is 0 Å². The van der Waals surface area contributed by atoms with Gasteiger partial charge in [0.05, 0.1) is 11.7 Å². The molecular weight excluding hydrogens is 270 g/mol. The lowest BCUT2D eigenvalue weighted by molar-refractivity contribution is -0.128. The molecule has 2 heterocycles. The van der Waals surface area contributed by atoms with E-state index in [0.717, 1.165) is 12.8 Å². The summed E-state index contributed by atoms with van der Waals surface area (Å²) < 4.78 is 5.54. The summed E-state index contributed by atoms with van der Waals surface area (Å²) >= 11 is 0. The van der Waals surface area contributed by atoms with E-state index in [0.29, 0.717) is 30.6 Å². The molecule has 1 aliphatic heterocycles. The minimum absolute atomic E-state index is 0.127. The number of hydrogen-bond donors (Lipinski definition) is 1. The van der Waals surface area contributed by atoms with Crippen LogP contribution in [0.2, 0.25) is 0 Å². The molecule has 1 unspecified atom stereocenters. The van der Waals surface area contributed by atoms with E-state index in [1.54, 1.807) is 6.92 Å². The fourth-order valence-corrected chi connectivity index (χ4v) is 2.69. The van der Waals surface area contributed by atoms with Gasteiger partial charge in [0.2, 0.25) is 11.7 Å². The number of amides is 2. The van der Waals surface area contributed by atoms with E-state index in [1.807, 2.05) is 18.7 Å². The van der Waals surface area contributed by atoms with E-state index in [-0.39, 0.29) is 29.5 Å². The molecule has 3 rings (SSSR count). The highest BCUT2D eigenvalue weighted by molar-refractivity contribution is 5.93. The molecule has 1 atom stereocenters. The lowest BCUT2D eigenvalue weighted by Gasteiger charge is -2.15. The summed E-state index contributed by atoms with van der Waals surface area (Å²) in [6.45, 7) is 6.31. The predicted octanol–water partition coefficient (Wildman–Crippen LogP) is 1.60. The Balaban J connectivity index is 1.65. The van der Waals surface area contributed by atoms with Crippen LogP contribution >= 0.6 is 0 Å². The van der Waals surface area contributed by atoms with Gasteiger partial charge in [-0.25, -0.2) is 4.98 Å². The van der Waals surface area contributed by atoms with Crippen molar-refractivity contribution in [1.82, 2.24) is 15.2 Å². The van der Waals surface area contributed by atoms with Gasteiger partial charge in [0.15, 0.2) is 5.89 Å². The van der Waals surface area contributed by atoms with Gasteiger partial charge in [-0.2, -0.15) is 0 Å². The van der Waals surface area contributed by atoms with Gasteiger partial charge >= 0.3 is 0 Å². The highest BCUT2D eigenvalue weighted by Crippen LogP contribution is 2.30. The molecule has 1 aromatic heterocycles. The highest BCUT2D eigenvalue weighted by Gasteiger charge is 2.40. The zero-order valence-electron chi connectivity index (χ0n) is 12.7. The van der Waals surface area contributed by atoms with Gasteiger partial charge in [-0.1, -0.05) is 13.8 Å². The topological polar surface area (TPSA) is 75.4 Å². The number of nitrogens with zero attached hydrogens (tertiary/aromatic N) is 2. The number of aromatic nitrogens is 1. The molecule has 6 nitrogen and oxygen atoms in total. The number of carbonyl (C=O) groups excluding carboxylic acids is 2. The molecule has 0 radical (unpaired) electrons. The second-order valence-electron chi connectivity index (χ2n) is 6.27. The molecule has 1 N–H and O–H groups in total. The molecule has 6 heteroatoms. The second-order valence-corrected chi connectivity index (χ2v) is 6.27. The summed E-state index contributed by atoms with van der Waals surface area (Å²) in [5, 5.41) is 2.90. The van der Waals surface area contributed by atoms with Crippen molar-refractivity contribution in [2.75, 3.05) is 6.54 Å². The highest BCUT2D eigenvalue weighted by atomic mass is 16.4. The molecule has 1 aliphatic carbocycles. The second kappa shape index (κ2) is 5.16. The van der Waals surface area contributed by atoms with Crippen molar-refractivity contribution in [3.8, 4) is 0 Å². The van der Waals surface area contributed by atoms with Crippen molar-refractivity contribution in [3.63, 3.8) is 0 Å². The Morgan fingerprint density at radius 2 is 2.14 bits per heavy atom. The lowest BCUT2D eigenvalue weighted by atomic mass is 10.2. The first-order chi connectivity index (χ1) is 9.95. The summed E-state index contributed by atoms with van der Waals surface area (Å²) in [5.41, 5.74) is 0.597. The predicted molar refractivity (Wildman–Crippen MR) is 75.9 cm³/mol. The van der Waals surface area contributed by atoms with Crippen LogP contribution in [0.25, 0.3) is 0 Å². The van der Waals surface area contributed by atoms with E-state index in [9.17, 15) is 9.59 Å². The van der Waals surface area contributed by atoms with Crippen molar-refractivity contribution in [2.24, 2.45) is 0 Å². The van der Waals surface area contributed by atoms with Gasteiger partial charge in [0.1, 0.15) is 0 Å². The van der Waals surface area contributed by atoms with E-state index in [1.165, 1.54) is 0 Å². The van der Waals surface area contributed by atoms with Crippen molar-refractivity contribution in [3.05, 3.63) is 17.3 Å². The number of rotatable bonds is 4. The minimum Gasteiger partial charge on any atom is -0.435 e. The summed E-state index contributed by atoms with van der Waals surface area (Å²) in [6, 6.07) is 0.275. The molecule has 2 fully saturated rings. The van der Waals surface area contributed by atoms with Gasteiger partial charge in [-0.05, 0) is 19.8 Å². The molecule has 1 aromatic rings. The number of aryl methyl sites for hydroxylation is 1. The maximum atomic E-state index is 12.3. The number of hydrogen-bond acceptors (Lipinski definition) is 4. The average molecular weight is 291 g/mol. The van der Waals surface area contributed by atoms with Crippen LogP contribution in [-0.2, 0) is 4.79 Å². The summed E-state index contributed by atoms with van der Waals surface area (Å²) in [6.07, 6.45) is 2.56. The molecule has 21 heavy (non-hydrogen) atoms. The average Bonchev–Trinajstić information content (AvgIpc) is 3.08. The van der Waals surface area contributed by atoms with E-state index in [4.69, 9.17) is 4.42 Å². The number of oxazole rings is 1. The molecule has 0 spiro atoms. The molecule has 0 aromatic carbocycles. The van der Waals surface area contributed by atoms with Crippen molar-refractivity contribution >= 4 is 11.8 Å². The summed E-state index contributed by atoms with van der Waals surface area (Å²) in [7, 11) is 0. The van der Waals surface area contributed by atoms with Gasteiger partial charge < -0.3 is 14.6 Å². The summed E-state index contributed by atoms with van der Waals surface area (Å²) in [5.74, 6) is 0.835. The van der Waals surface area contributed by atoms with E-state index >= 15 is 0 Å². The zero-order valence-corrected chi connectivity index (χ0v) is 12.7. The lowest BCUT2D eigenvalue weighted by Crippen LogP contribution is -2.37. The van der Waals surface area contributed by atoms with Crippen molar-refractivity contribution < 1.29 is 14.0 Å². The number of likely N-dealkylation sites (tertiary alicyclic amines) is 1. The third-order valence-corrected chi connectivity index (χ3v) is 3.99. The molecule has 2 aliphatic rings. The van der Waals surface area contributed by atoms with Gasteiger partial charge in [0, 0.05) is 24.9 Å². The minimum atomic E-state index is -0.276. The maximum absolute atomic E-state index is 12.3. The Morgan fingerprint density at radius 1 is 1.43 bits per heavy atom. The van der Waals surface area contributed by atoms with Crippen molar-refractivity contribution in [2.45, 2.75) is 58.0 Å². The standard InChI is InChI=1S/C15H21N3O3/c1-8(2)15-16-9(3)13(21-15)14(20)17-10-6-12(19)18(7-10)11-4-5-11/h8,10-11H,4-7H2,1-3H3,(H,17,20). The first-order valence-electron chi connectivity index (χ1n) is 7.53. The fraction of sp³-hybridized carbons (Fsp3) is 0.667. The molecule has 114 valence electrons. The Bertz CT molecular complexity index is 575. The van der Waals surface area contributed by atoms with Gasteiger partial charge in [-0.3, -0.25) is 9.59 Å². The molecule has 1 saturated carbocycles. The van der Waals surface area contributed by atoms with E-state index in [2.05, 4.69) is 10.3 Å². The number of carbonyl (C=O) groups is 2. The smallest absolute Gasteiger partial charge is 0.289 e. The number of nitrogens with one attached hydrogen (secondary N) is 1. The molecular formula is C15H21N3O3.